The molecule has 1 aromatic rings. The first-order valence-corrected chi connectivity index (χ1v) is 7.09. The molecular weight excluding hydrogens is 224 g/mol. The van der Waals surface area contributed by atoms with Crippen molar-refractivity contribution in [3.63, 3.8) is 0 Å². The second-order valence-electron chi connectivity index (χ2n) is 5.41. The quantitative estimate of drug-likeness (QED) is 0.884. The van der Waals surface area contributed by atoms with E-state index in [0.29, 0.717) is 0 Å². The van der Waals surface area contributed by atoms with Crippen LogP contribution in [0.2, 0.25) is 0 Å². The molecular formula is C16H24O2. The molecule has 0 unspecified atom stereocenters. The van der Waals surface area contributed by atoms with Crippen LogP contribution < -0.4 is 4.74 Å². The molecule has 1 saturated carbocycles. The molecule has 1 N–H and O–H groups in total. The van der Waals surface area contributed by atoms with Crippen LogP contribution in [-0.2, 0) is 6.42 Å². The standard InChI is InChI=1S/C16H24O2/c1-3-18-16-9-6-14(10-12(16)2)11-13-4-7-15(17)8-5-13/h6,9-10,13,15,17H,3-5,7-8,11H2,1-2H3. The number of hydrogen-bond acceptors (Lipinski definition) is 2. The molecule has 0 bridgehead atoms. The smallest absolute Gasteiger partial charge is 0.122 e. The Balaban J connectivity index is 1.95. The van der Waals surface area contributed by atoms with Gasteiger partial charge in [-0.15, -0.1) is 0 Å². The predicted octanol–water partition coefficient (Wildman–Crippen LogP) is 3.49. The zero-order valence-electron chi connectivity index (χ0n) is 11.5. The monoisotopic (exact) mass is 248 g/mol. The molecule has 2 heteroatoms. The first kappa shape index (κ1) is 13.4. The molecule has 1 fully saturated rings. The number of aliphatic hydroxyl groups excluding tert-OH is 1. The molecule has 0 heterocycles. The number of ether oxygens (including phenoxy) is 1. The summed E-state index contributed by atoms with van der Waals surface area (Å²) < 4.78 is 5.56. The molecule has 2 rings (SSSR count). The number of aliphatic hydroxyl groups is 1. The van der Waals surface area contributed by atoms with Gasteiger partial charge in [-0.25, -0.2) is 0 Å². The van der Waals surface area contributed by atoms with Crippen molar-refractivity contribution in [2.75, 3.05) is 6.61 Å². The maximum absolute atomic E-state index is 9.52. The zero-order chi connectivity index (χ0) is 13.0. The Morgan fingerprint density at radius 3 is 2.56 bits per heavy atom. The van der Waals surface area contributed by atoms with Crippen LogP contribution in [0.5, 0.6) is 5.75 Å². The average Bonchev–Trinajstić information content (AvgIpc) is 2.36. The van der Waals surface area contributed by atoms with Crippen LogP contribution in [0.25, 0.3) is 0 Å². The topological polar surface area (TPSA) is 29.5 Å². The van der Waals surface area contributed by atoms with Crippen LogP contribution in [0.15, 0.2) is 18.2 Å². The molecule has 0 aromatic heterocycles. The van der Waals surface area contributed by atoms with E-state index in [-0.39, 0.29) is 6.10 Å². The SMILES string of the molecule is CCOc1ccc(CC2CCC(O)CC2)cc1C. The van der Waals surface area contributed by atoms with Gasteiger partial charge in [0.1, 0.15) is 5.75 Å². The minimum atomic E-state index is -0.0525. The number of aryl methyl sites for hydroxylation is 1. The molecule has 2 nitrogen and oxygen atoms in total. The molecule has 0 saturated heterocycles. The second-order valence-corrected chi connectivity index (χ2v) is 5.41. The van der Waals surface area contributed by atoms with Gasteiger partial charge >= 0.3 is 0 Å². The van der Waals surface area contributed by atoms with Gasteiger partial charge in [-0.2, -0.15) is 0 Å². The fourth-order valence-corrected chi connectivity index (χ4v) is 2.84. The maximum Gasteiger partial charge on any atom is 0.122 e. The summed E-state index contributed by atoms with van der Waals surface area (Å²) in [5.74, 6) is 1.74. The van der Waals surface area contributed by atoms with Gasteiger partial charge in [-0.3, -0.25) is 0 Å². The third kappa shape index (κ3) is 3.49. The predicted molar refractivity (Wildman–Crippen MR) is 74.0 cm³/mol. The molecule has 0 radical (unpaired) electrons. The van der Waals surface area contributed by atoms with Crippen molar-refractivity contribution in [3.8, 4) is 5.75 Å². The molecule has 18 heavy (non-hydrogen) atoms. The van der Waals surface area contributed by atoms with Crippen LogP contribution in [-0.4, -0.2) is 17.8 Å². The third-order valence-corrected chi connectivity index (χ3v) is 3.88. The highest BCUT2D eigenvalue weighted by Crippen LogP contribution is 2.28. The zero-order valence-corrected chi connectivity index (χ0v) is 11.5. The van der Waals surface area contributed by atoms with Crippen molar-refractivity contribution in [1.82, 2.24) is 0 Å². The molecule has 0 aliphatic heterocycles. The summed E-state index contributed by atoms with van der Waals surface area (Å²) in [6.07, 6.45) is 5.35. The van der Waals surface area contributed by atoms with Crippen LogP contribution in [0.1, 0.15) is 43.7 Å². The van der Waals surface area contributed by atoms with Gasteiger partial charge in [0, 0.05) is 0 Å². The summed E-state index contributed by atoms with van der Waals surface area (Å²) in [5, 5.41) is 9.52. The second kappa shape index (κ2) is 6.24. The number of rotatable bonds is 4. The highest BCUT2D eigenvalue weighted by atomic mass is 16.5. The molecule has 100 valence electrons. The van der Waals surface area contributed by atoms with E-state index in [1.807, 2.05) is 6.92 Å². The summed E-state index contributed by atoms with van der Waals surface area (Å²) in [4.78, 5) is 0. The van der Waals surface area contributed by atoms with E-state index in [1.54, 1.807) is 0 Å². The molecule has 0 spiro atoms. The Bertz CT molecular complexity index is 379. The largest absolute Gasteiger partial charge is 0.494 e. The van der Waals surface area contributed by atoms with Crippen molar-refractivity contribution in [2.24, 2.45) is 5.92 Å². The van der Waals surface area contributed by atoms with Crippen molar-refractivity contribution < 1.29 is 9.84 Å². The average molecular weight is 248 g/mol. The van der Waals surface area contributed by atoms with Gasteiger partial charge in [0.2, 0.25) is 0 Å². The van der Waals surface area contributed by atoms with E-state index in [9.17, 15) is 5.11 Å². The van der Waals surface area contributed by atoms with Gasteiger partial charge in [0.15, 0.2) is 0 Å². The normalized spacial score (nSPS) is 23.9. The molecule has 0 atom stereocenters. The van der Waals surface area contributed by atoms with Crippen molar-refractivity contribution in [1.29, 1.82) is 0 Å². The summed E-state index contributed by atoms with van der Waals surface area (Å²) in [7, 11) is 0. The summed E-state index contributed by atoms with van der Waals surface area (Å²) >= 11 is 0. The Kier molecular flexibility index (Phi) is 4.65. The lowest BCUT2D eigenvalue weighted by molar-refractivity contribution is 0.109. The van der Waals surface area contributed by atoms with E-state index >= 15 is 0 Å². The molecule has 1 aromatic carbocycles. The van der Waals surface area contributed by atoms with Crippen LogP contribution in [0.3, 0.4) is 0 Å². The molecule has 1 aliphatic rings. The Morgan fingerprint density at radius 1 is 1.22 bits per heavy atom. The first-order chi connectivity index (χ1) is 8.69. The van der Waals surface area contributed by atoms with Gasteiger partial charge in [-0.05, 0) is 69.1 Å². The number of hydrogen-bond donors (Lipinski definition) is 1. The van der Waals surface area contributed by atoms with Crippen LogP contribution in [0, 0.1) is 12.8 Å². The van der Waals surface area contributed by atoms with E-state index in [2.05, 4.69) is 25.1 Å². The minimum absolute atomic E-state index is 0.0525. The van der Waals surface area contributed by atoms with E-state index < -0.39 is 0 Å². The Hall–Kier alpha value is -1.02. The van der Waals surface area contributed by atoms with Crippen LogP contribution in [0.4, 0.5) is 0 Å². The summed E-state index contributed by atoms with van der Waals surface area (Å²) in [6, 6.07) is 6.52. The van der Waals surface area contributed by atoms with Gasteiger partial charge in [0.05, 0.1) is 12.7 Å². The minimum Gasteiger partial charge on any atom is -0.494 e. The molecule has 0 amide bonds. The lowest BCUT2D eigenvalue weighted by Crippen LogP contribution is -2.19. The van der Waals surface area contributed by atoms with E-state index in [0.717, 1.165) is 50.4 Å². The van der Waals surface area contributed by atoms with Gasteiger partial charge < -0.3 is 9.84 Å². The Labute approximate surface area is 110 Å². The summed E-state index contributed by atoms with van der Waals surface area (Å²) in [6.45, 7) is 4.85. The van der Waals surface area contributed by atoms with Crippen molar-refractivity contribution >= 4 is 0 Å². The lowest BCUT2D eigenvalue weighted by Gasteiger charge is -2.25. The van der Waals surface area contributed by atoms with Crippen molar-refractivity contribution in [3.05, 3.63) is 29.3 Å². The highest BCUT2D eigenvalue weighted by molar-refractivity contribution is 5.36. The van der Waals surface area contributed by atoms with E-state index in [1.165, 1.54) is 11.1 Å². The maximum atomic E-state index is 9.52. The number of benzene rings is 1. The van der Waals surface area contributed by atoms with E-state index in [4.69, 9.17) is 4.74 Å². The van der Waals surface area contributed by atoms with Gasteiger partial charge in [-0.1, -0.05) is 12.1 Å². The van der Waals surface area contributed by atoms with Crippen LogP contribution >= 0.6 is 0 Å². The first-order valence-electron chi connectivity index (χ1n) is 7.09. The highest BCUT2D eigenvalue weighted by Gasteiger charge is 2.19. The fourth-order valence-electron chi connectivity index (χ4n) is 2.84. The third-order valence-electron chi connectivity index (χ3n) is 3.88. The lowest BCUT2D eigenvalue weighted by atomic mass is 9.83. The summed E-state index contributed by atoms with van der Waals surface area (Å²) in [5.41, 5.74) is 2.63. The fraction of sp³-hybridized carbons (Fsp3) is 0.625. The molecule has 1 aliphatic carbocycles. The van der Waals surface area contributed by atoms with Crippen molar-refractivity contribution in [2.45, 2.75) is 52.1 Å². The van der Waals surface area contributed by atoms with Gasteiger partial charge in [0.25, 0.3) is 0 Å². The Morgan fingerprint density at radius 2 is 1.94 bits per heavy atom.